The first-order valence-electron chi connectivity index (χ1n) is 6.03. The lowest BCUT2D eigenvalue weighted by Gasteiger charge is -2.11. The molecular formula is C12H12Cl3N3O2S. The molecule has 2 aromatic rings. The molecule has 21 heavy (non-hydrogen) atoms. The highest BCUT2D eigenvalue weighted by molar-refractivity contribution is 8.13. The Morgan fingerprint density at radius 1 is 1.19 bits per heavy atom. The number of aromatic nitrogens is 3. The maximum absolute atomic E-state index is 11.6. The number of benzene rings is 1. The number of hydrogen-bond donors (Lipinski definition) is 0. The van der Waals surface area contributed by atoms with Crippen LogP contribution in [0.15, 0.2) is 23.4 Å². The fourth-order valence-corrected chi connectivity index (χ4v) is 3.05. The van der Waals surface area contributed by atoms with Crippen LogP contribution in [0.5, 0.6) is 0 Å². The summed E-state index contributed by atoms with van der Waals surface area (Å²) < 4.78 is 24.7. The van der Waals surface area contributed by atoms with Crippen molar-refractivity contribution < 1.29 is 8.42 Å². The van der Waals surface area contributed by atoms with E-state index >= 15 is 0 Å². The summed E-state index contributed by atoms with van der Waals surface area (Å²) in [5.74, 6) is 0.557. The Morgan fingerprint density at radius 3 is 2.38 bits per heavy atom. The van der Waals surface area contributed by atoms with Crippen molar-refractivity contribution in [3.05, 3.63) is 28.2 Å². The number of nitrogens with zero attached hydrogens (tertiary/aromatic N) is 3. The highest BCUT2D eigenvalue weighted by atomic mass is 35.7. The van der Waals surface area contributed by atoms with Crippen LogP contribution in [0.1, 0.15) is 13.8 Å². The molecule has 1 aromatic heterocycles. The number of halogens is 3. The summed E-state index contributed by atoms with van der Waals surface area (Å²) >= 11 is 11.9. The Labute approximate surface area is 137 Å². The summed E-state index contributed by atoms with van der Waals surface area (Å²) in [6.07, 6.45) is 0. The van der Waals surface area contributed by atoms with Crippen molar-refractivity contribution in [2.24, 2.45) is 5.92 Å². The molecule has 114 valence electrons. The third kappa shape index (κ3) is 3.69. The molecule has 1 aromatic carbocycles. The summed E-state index contributed by atoms with van der Waals surface area (Å²) in [5, 5.41) is 8.09. The molecule has 0 amide bonds. The average Bonchev–Trinajstić information content (AvgIpc) is 2.75. The van der Waals surface area contributed by atoms with Gasteiger partial charge in [-0.05, 0) is 24.1 Å². The van der Waals surface area contributed by atoms with Gasteiger partial charge in [-0.15, -0.1) is 10.2 Å². The fraction of sp³-hybridized carbons (Fsp3) is 0.333. The SMILES string of the molecule is CC(C)Cn1c(-c2ccc(Cl)c(Cl)c2)nnc1S(=O)(=O)Cl. The molecule has 0 saturated carbocycles. The van der Waals surface area contributed by atoms with Crippen molar-refractivity contribution >= 4 is 42.9 Å². The molecule has 0 N–H and O–H groups in total. The van der Waals surface area contributed by atoms with E-state index in [-0.39, 0.29) is 11.1 Å². The fourth-order valence-electron chi connectivity index (χ4n) is 1.85. The van der Waals surface area contributed by atoms with E-state index in [1.165, 1.54) is 4.57 Å². The zero-order valence-corrected chi connectivity index (χ0v) is 14.3. The molecule has 0 aliphatic heterocycles. The van der Waals surface area contributed by atoms with Gasteiger partial charge in [-0.3, -0.25) is 4.57 Å². The Hall–Kier alpha value is -0.820. The first-order chi connectivity index (χ1) is 9.70. The Kier molecular flexibility index (Phi) is 4.82. The summed E-state index contributed by atoms with van der Waals surface area (Å²) in [6, 6.07) is 4.91. The van der Waals surface area contributed by atoms with E-state index in [4.69, 9.17) is 33.9 Å². The summed E-state index contributed by atoms with van der Waals surface area (Å²) in [6.45, 7) is 4.30. The van der Waals surface area contributed by atoms with Gasteiger partial charge in [0.15, 0.2) is 5.82 Å². The Morgan fingerprint density at radius 2 is 1.86 bits per heavy atom. The molecule has 5 nitrogen and oxygen atoms in total. The molecule has 0 atom stereocenters. The average molecular weight is 369 g/mol. The van der Waals surface area contributed by atoms with E-state index in [9.17, 15) is 8.42 Å². The van der Waals surface area contributed by atoms with Crippen LogP contribution in [-0.2, 0) is 15.6 Å². The van der Waals surface area contributed by atoms with E-state index < -0.39 is 9.05 Å². The maximum Gasteiger partial charge on any atom is 0.296 e. The minimum absolute atomic E-state index is 0.180. The zero-order valence-electron chi connectivity index (χ0n) is 11.2. The van der Waals surface area contributed by atoms with Crippen LogP contribution in [0.3, 0.4) is 0 Å². The first kappa shape index (κ1) is 16.5. The molecular weight excluding hydrogens is 357 g/mol. The van der Waals surface area contributed by atoms with Gasteiger partial charge in [0.1, 0.15) is 0 Å². The van der Waals surface area contributed by atoms with Gasteiger partial charge in [0.05, 0.1) is 10.0 Å². The standard InChI is InChI=1S/C12H12Cl3N3O2S/c1-7(2)6-18-11(16-17-12(18)21(15,19)20)8-3-4-9(13)10(14)5-8/h3-5,7H,6H2,1-2H3. The van der Waals surface area contributed by atoms with Crippen LogP contribution >= 0.6 is 33.9 Å². The minimum Gasteiger partial charge on any atom is -0.297 e. The molecule has 0 bridgehead atoms. The van der Waals surface area contributed by atoms with Crippen molar-refractivity contribution in [1.29, 1.82) is 0 Å². The van der Waals surface area contributed by atoms with Crippen LogP contribution < -0.4 is 0 Å². The quantitative estimate of drug-likeness (QED) is 0.769. The van der Waals surface area contributed by atoms with Crippen molar-refractivity contribution in [1.82, 2.24) is 14.8 Å². The van der Waals surface area contributed by atoms with Gasteiger partial charge in [0.25, 0.3) is 14.2 Å². The zero-order chi connectivity index (χ0) is 15.8. The van der Waals surface area contributed by atoms with Crippen molar-refractivity contribution in [2.75, 3.05) is 0 Å². The summed E-state index contributed by atoms with van der Waals surface area (Å²) in [5.41, 5.74) is 0.615. The molecule has 0 aliphatic carbocycles. The normalized spacial score (nSPS) is 12.1. The molecule has 0 radical (unpaired) electrons. The minimum atomic E-state index is -3.98. The van der Waals surface area contributed by atoms with Gasteiger partial charge < -0.3 is 0 Å². The number of rotatable bonds is 4. The van der Waals surface area contributed by atoms with Crippen molar-refractivity contribution in [3.8, 4) is 11.4 Å². The Bertz CT molecular complexity index is 772. The topological polar surface area (TPSA) is 64.8 Å². The second kappa shape index (κ2) is 6.12. The molecule has 0 unspecified atom stereocenters. The van der Waals surface area contributed by atoms with Crippen LogP contribution in [0.2, 0.25) is 10.0 Å². The van der Waals surface area contributed by atoms with Gasteiger partial charge in [-0.1, -0.05) is 37.0 Å². The molecule has 0 saturated heterocycles. The monoisotopic (exact) mass is 367 g/mol. The van der Waals surface area contributed by atoms with Crippen LogP contribution in [0.25, 0.3) is 11.4 Å². The first-order valence-corrected chi connectivity index (χ1v) is 9.10. The van der Waals surface area contributed by atoms with Gasteiger partial charge in [-0.2, -0.15) is 0 Å². The van der Waals surface area contributed by atoms with E-state index in [0.717, 1.165) is 0 Å². The van der Waals surface area contributed by atoms with Crippen molar-refractivity contribution in [2.45, 2.75) is 25.5 Å². The van der Waals surface area contributed by atoms with Gasteiger partial charge in [-0.25, -0.2) is 8.42 Å². The van der Waals surface area contributed by atoms with Gasteiger partial charge in [0.2, 0.25) is 0 Å². The molecule has 0 spiro atoms. The lowest BCUT2D eigenvalue weighted by Crippen LogP contribution is -2.11. The molecule has 0 fully saturated rings. The van der Waals surface area contributed by atoms with Crippen molar-refractivity contribution in [3.63, 3.8) is 0 Å². The van der Waals surface area contributed by atoms with Crippen LogP contribution in [0, 0.1) is 5.92 Å². The third-order valence-electron chi connectivity index (χ3n) is 2.66. The van der Waals surface area contributed by atoms with Gasteiger partial charge in [0, 0.05) is 22.8 Å². The lowest BCUT2D eigenvalue weighted by atomic mass is 10.2. The predicted octanol–water partition coefficient (Wildman–Crippen LogP) is 3.84. The summed E-state index contributed by atoms with van der Waals surface area (Å²) in [4.78, 5) is 0. The van der Waals surface area contributed by atoms with E-state index in [1.807, 2.05) is 13.8 Å². The predicted molar refractivity (Wildman–Crippen MR) is 83.4 cm³/mol. The van der Waals surface area contributed by atoms with E-state index in [2.05, 4.69) is 10.2 Å². The molecule has 0 aliphatic rings. The molecule has 2 rings (SSSR count). The summed E-state index contributed by atoms with van der Waals surface area (Å²) in [7, 11) is 1.42. The van der Waals surface area contributed by atoms with Crippen LogP contribution in [-0.4, -0.2) is 23.2 Å². The third-order valence-corrected chi connectivity index (χ3v) is 4.55. The Balaban J connectivity index is 2.63. The highest BCUT2D eigenvalue weighted by Crippen LogP contribution is 2.29. The number of hydrogen-bond acceptors (Lipinski definition) is 4. The second-order valence-corrected chi connectivity index (χ2v) is 8.15. The van der Waals surface area contributed by atoms with E-state index in [0.29, 0.717) is 28.0 Å². The highest BCUT2D eigenvalue weighted by Gasteiger charge is 2.24. The smallest absolute Gasteiger partial charge is 0.296 e. The van der Waals surface area contributed by atoms with Crippen LogP contribution in [0.4, 0.5) is 0 Å². The van der Waals surface area contributed by atoms with E-state index in [1.54, 1.807) is 18.2 Å². The molecule has 9 heteroatoms. The van der Waals surface area contributed by atoms with Gasteiger partial charge >= 0.3 is 0 Å². The second-order valence-electron chi connectivity index (χ2n) is 4.88. The maximum atomic E-state index is 11.6. The molecule has 1 heterocycles. The lowest BCUT2D eigenvalue weighted by molar-refractivity contribution is 0.488. The largest absolute Gasteiger partial charge is 0.297 e.